The maximum absolute atomic E-state index is 11.7. The van der Waals surface area contributed by atoms with E-state index in [1.807, 2.05) is 11.4 Å². The SMILES string of the molecule is CC(C)(C)S(=O)(=O)NCc1cc(Br)cs1. The van der Waals surface area contributed by atoms with E-state index in [0.717, 1.165) is 9.35 Å². The molecule has 15 heavy (non-hydrogen) atoms. The number of nitrogens with one attached hydrogen (secondary N) is 1. The maximum Gasteiger partial charge on any atom is 0.216 e. The minimum atomic E-state index is -3.25. The van der Waals surface area contributed by atoms with Gasteiger partial charge in [-0.15, -0.1) is 11.3 Å². The molecule has 0 saturated heterocycles. The lowest BCUT2D eigenvalue weighted by Crippen LogP contribution is -2.38. The second kappa shape index (κ2) is 4.53. The van der Waals surface area contributed by atoms with Crippen LogP contribution in [0.3, 0.4) is 0 Å². The first-order chi connectivity index (χ1) is 6.72. The van der Waals surface area contributed by atoms with Crippen LogP contribution in [0.5, 0.6) is 0 Å². The minimum absolute atomic E-state index is 0.357. The Hall–Kier alpha value is 0.0900. The summed E-state index contributed by atoms with van der Waals surface area (Å²) in [6.45, 7) is 5.40. The molecule has 1 aromatic rings. The Kier molecular flexibility index (Phi) is 3.97. The molecule has 0 spiro atoms. The molecule has 0 aliphatic carbocycles. The molecule has 0 saturated carbocycles. The van der Waals surface area contributed by atoms with Gasteiger partial charge in [-0.2, -0.15) is 0 Å². The van der Waals surface area contributed by atoms with E-state index in [9.17, 15) is 8.42 Å². The third-order valence-corrected chi connectivity index (χ3v) is 5.70. The van der Waals surface area contributed by atoms with Crippen LogP contribution in [0.4, 0.5) is 0 Å². The van der Waals surface area contributed by atoms with Gasteiger partial charge in [0.2, 0.25) is 10.0 Å². The van der Waals surface area contributed by atoms with E-state index >= 15 is 0 Å². The first-order valence-electron chi connectivity index (χ1n) is 4.44. The van der Waals surface area contributed by atoms with Crippen LogP contribution < -0.4 is 4.72 Å². The highest BCUT2D eigenvalue weighted by atomic mass is 79.9. The number of halogens is 1. The summed E-state index contributed by atoms with van der Waals surface area (Å²) in [7, 11) is -3.25. The number of hydrogen-bond acceptors (Lipinski definition) is 3. The zero-order valence-corrected chi connectivity index (χ0v) is 12.1. The number of sulfonamides is 1. The third kappa shape index (κ3) is 3.55. The van der Waals surface area contributed by atoms with Crippen molar-refractivity contribution in [2.45, 2.75) is 32.1 Å². The van der Waals surface area contributed by atoms with Gasteiger partial charge in [-0.25, -0.2) is 13.1 Å². The van der Waals surface area contributed by atoms with Crippen molar-refractivity contribution in [3.8, 4) is 0 Å². The minimum Gasteiger partial charge on any atom is -0.212 e. The zero-order chi connectivity index (χ0) is 11.7. The van der Waals surface area contributed by atoms with E-state index in [1.54, 1.807) is 20.8 Å². The fraction of sp³-hybridized carbons (Fsp3) is 0.556. The lowest BCUT2D eigenvalue weighted by atomic mass is 10.3. The van der Waals surface area contributed by atoms with Gasteiger partial charge in [0.05, 0.1) is 4.75 Å². The summed E-state index contributed by atoms with van der Waals surface area (Å²) in [6.07, 6.45) is 0. The van der Waals surface area contributed by atoms with Crippen molar-refractivity contribution in [1.29, 1.82) is 0 Å². The highest BCUT2D eigenvalue weighted by Crippen LogP contribution is 2.20. The second-order valence-corrected chi connectivity index (χ2v) is 8.60. The Labute approximate surface area is 103 Å². The molecule has 1 aromatic heterocycles. The molecule has 0 bridgehead atoms. The van der Waals surface area contributed by atoms with Gasteiger partial charge in [0, 0.05) is 21.3 Å². The van der Waals surface area contributed by atoms with E-state index in [4.69, 9.17) is 0 Å². The van der Waals surface area contributed by atoms with E-state index < -0.39 is 14.8 Å². The Morgan fingerprint density at radius 3 is 2.47 bits per heavy atom. The van der Waals surface area contributed by atoms with Crippen molar-refractivity contribution in [2.75, 3.05) is 0 Å². The van der Waals surface area contributed by atoms with Gasteiger partial charge in [-0.05, 0) is 42.8 Å². The van der Waals surface area contributed by atoms with Gasteiger partial charge in [0.1, 0.15) is 0 Å². The summed E-state index contributed by atoms with van der Waals surface area (Å²) in [6, 6.07) is 1.91. The summed E-state index contributed by atoms with van der Waals surface area (Å²) in [5, 5.41) is 1.93. The molecule has 1 heterocycles. The van der Waals surface area contributed by atoms with Crippen LogP contribution in [-0.2, 0) is 16.6 Å². The standard InChI is InChI=1S/C9H14BrNO2S2/c1-9(2,3)15(12,13)11-5-8-4-7(10)6-14-8/h4,6,11H,5H2,1-3H3. The number of thiophene rings is 1. The highest BCUT2D eigenvalue weighted by molar-refractivity contribution is 9.10. The number of rotatable bonds is 3. The molecule has 6 heteroatoms. The van der Waals surface area contributed by atoms with Crippen LogP contribution in [0.15, 0.2) is 15.9 Å². The van der Waals surface area contributed by atoms with Crippen molar-refractivity contribution in [3.63, 3.8) is 0 Å². The molecule has 0 aromatic carbocycles. The molecule has 1 rings (SSSR count). The lowest BCUT2D eigenvalue weighted by Gasteiger charge is -2.19. The Morgan fingerprint density at radius 2 is 2.07 bits per heavy atom. The predicted octanol–water partition coefficient (Wildman–Crippen LogP) is 2.73. The Bertz CT molecular complexity index is 431. The van der Waals surface area contributed by atoms with Crippen molar-refractivity contribution in [1.82, 2.24) is 4.72 Å². The predicted molar refractivity (Wildman–Crippen MR) is 67.5 cm³/mol. The van der Waals surface area contributed by atoms with Crippen LogP contribution in [0.2, 0.25) is 0 Å². The normalized spacial score (nSPS) is 13.1. The van der Waals surface area contributed by atoms with E-state index in [2.05, 4.69) is 20.7 Å². The van der Waals surface area contributed by atoms with Gasteiger partial charge in [-0.3, -0.25) is 0 Å². The molecule has 0 aliphatic rings. The molecule has 0 fully saturated rings. The molecule has 3 nitrogen and oxygen atoms in total. The van der Waals surface area contributed by atoms with E-state index in [1.165, 1.54) is 11.3 Å². The monoisotopic (exact) mass is 311 g/mol. The molecule has 1 N–H and O–H groups in total. The van der Waals surface area contributed by atoms with Gasteiger partial charge in [0.25, 0.3) is 0 Å². The highest BCUT2D eigenvalue weighted by Gasteiger charge is 2.28. The van der Waals surface area contributed by atoms with Gasteiger partial charge >= 0.3 is 0 Å². The summed E-state index contributed by atoms with van der Waals surface area (Å²) in [4.78, 5) is 0.995. The van der Waals surface area contributed by atoms with Gasteiger partial charge in [0.15, 0.2) is 0 Å². The summed E-state index contributed by atoms with van der Waals surface area (Å²) in [5.74, 6) is 0. The summed E-state index contributed by atoms with van der Waals surface area (Å²) >= 11 is 4.85. The molecular formula is C9H14BrNO2S2. The smallest absolute Gasteiger partial charge is 0.212 e. The fourth-order valence-corrected chi connectivity index (χ4v) is 3.09. The van der Waals surface area contributed by atoms with Crippen LogP contribution in [0.25, 0.3) is 0 Å². The van der Waals surface area contributed by atoms with Crippen LogP contribution >= 0.6 is 27.3 Å². The molecule has 0 unspecified atom stereocenters. The van der Waals surface area contributed by atoms with Crippen molar-refractivity contribution < 1.29 is 8.42 Å². The van der Waals surface area contributed by atoms with Crippen LogP contribution in [0, 0.1) is 0 Å². The molecule has 0 amide bonds. The van der Waals surface area contributed by atoms with Crippen molar-refractivity contribution in [3.05, 3.63) is 20.8 Å². The first-order valence-corrected chi connectivity index (χ1v) is 7.60. The van der Waals surface area contributed by atoms with Crippen LogP contribution in [0.1, 0.15) is 25.6 Å². The average Bonchev–Trinajstić information content (AvgIpc) is 2.46. The topological polar surface area (TPSA) is 46.2 Å². The Morgan fingerprint density at radius 1 is 1.47 bits per heavy atom. The van der Waals surface area contributed by atoms with Crippen LogP contribution in [-0.4, -0.2) is 13.2 Å². The molecule has 86 valence electrons. The Balaban J connectivity index is 2.66. The average molecular weight is 312 g/mol. The quantitative estimate of drug-likeness (QED) is 0.933. The fourth-order valence-electron chi connectivity index (χ4n) is 0.829. The molecular weight excluding hydrogens is 298 g/mol. The summed E-state index contributed by atoms with van der Waals surface area (Å²) < 4.78 is 26.2. The summed E-state index contributed by atoms with van der Waals surface area (Å²) in [5.41, 5.74) is 0. The largest absolute Gasteiger partial charge is 0.216 e. The number of hydrogen-bond donors (Lipinski definition) is 1. The lowest BCUT2D eigenvalue weighted by molar-refractivity contribution is 0.545. The zero-order valence-electron chi connectivity index (χ0n) is 8.87. The van der Waals surface area contributed by atoms with E-state index in [-0.39, 0.29) is 0 Å². The first kappa shape index (κ1) is 13.2. The van der Waals surface area contributed by atoms with Crippen molar-refractivity contribution >= 4 is 37.3 Å². The molecule has 0 atom stereocenters. The second-order valence-electron chi connectivity index (χ2n) is 4.17. The van der Waals surface area contributed by atoms with E-state index in [0.29, 0.717) is 6.54 Å². The third-order valence-electron chi connectivity index (χ3n) is 1.86. The molecule has 0 aliphatic heterocycles. The maximum atomic E-state index is 11.7. The van der Waals surface area contributed by atoms with Gasteiger partial charge < -0.3 is 0 Å². The van der Waals surface area contributed by atoms with Crippen molar-refractivity contribution in [2.24, 2.45) is 0 Å². The molecule has 0 radical (unpaired) electrons. The van der Waals surface area contributed by atoms with Gasteiger partial charge in [-0.1, -0.05) is 0 Å².